The molecule has 5 heterocycles. The fraction of sp³-hybridized carbons (Fsp3) is 0.400. The average molecular weight is 448 g/mol. The van der Waals surface area contributed by atoms with Crippen LogP contribution in [-0.2, 0) is 25.6 Å². The maximum absolute atomic E-state index is 15.2. The Morgan fingerprint density at radius 3 is 2.79 bits per heavy atom. The molecule has 28 heavy (non-hydrogen) atoms. The molecule has 0 aromatic carbocycles. The standard InChI is InChI=1S/C20H19BrFN3O3/c1-26-19(5-6-27-10-19)17-4-2-3-15(24-17)14-9-25(20(22)11-28-12-20)16-8-23-18(21)7-13(14)16/h2-4,7-9H,5-6,10-12H2,1H3/t19-/m0/s1. The van der Waals surface area contributed by atoms with Gasteiger partial charge in [-0.1, -0.05) is 6.07 Å². The van der Waals surface area contributed by atoms with Crippen molar-refractivity contribution in [2.45, 2.75) is 17.8 Å². The van der Waals surface area contributed by atoms with Crippen LogP contribution in [0, 0.1) is 0 Å². The van der Waals surface area contributed by atoms with Gasteiger partial charge in [-0.2, -0.15) is 0 Å². The van der Waals surface area contributed by atoms with E-state index in [1.165, 1.54) is 0 Å². The molecular weight excluding hydrogens is 429 g/mol. The Balaban J connectivity index is 1.68. The highest BCUT2D eigenvalue weighted by Crippen LogP contribution is 2.39. The molecule has 0 radical (unpaired) electrons. The normalized spacial score (nSPS) is 23.8. The lowest BCUT2D eigenvalue weighted by Crippen LogP contribution is -2.47. The number of pyridine rings is 2. The van der Waals surface area contributed by atoms with E-state index in [4.69, 9.17) is 19.2 Å². The zero-order valence-electron chi connectivity index (χ0n) is 15.3. The van der Waals surface area contributed by atoms with Crippen molar-refractivity contribution in [1.82, 2.24) is 14.5 Å². The number of alkyl halides is 1. The van der Waals surface area contributed by atoms with Crippen LogP contribution in [-0.4, -0.2) is 48.1 Å². The van der Waals surface area contributed by atoms with Crippen molar-refractivity contribution < 1.29 is 18.6 Å². The molecule has 2 aliphatic rings. The first-order valence-electron chi connectivity index (χ1n) is 9.09. The van der Waals surface area contributed by atoms with Crippen LogP contribution in [0.25, 0.3) is 22.2 Å². The zero-order valence-corrected chi connectivity index (χ0v) is 16.9. The molecule has 2 saturated heterocycles. The number of rotatable bonds is 4. The van der Waals surface area contributed by atoms with E-state index in [0.29, 0.717) is 23.3 Å². The van der Waals surface area contributed by atoms with Crippen LogP contribution < -0.4 is 0 Å². The molecule has 0 bridgehead atoms. The van der Waals surface area contributed by atoms with Crippen molar-refractivity contribution in [3.8, 4) is 11.3 Å². The summed E-state index contributed by atoms with van der Waals surface area (Å²) in [5.41, 5.74) is 2.59. The molecule has 146 valence electrons. The summed E-state index contributed by atoms with van der Waals surface area (Å²) in [6, 6.07) is 7.73. The van der Waals surface area contributed by atoms with Crippen molar-refractivity contribution in [2.75, 3.05) is 33.5 Å². The first-order valence-corrected chi connectivity index (χ1v) is 9.89. The molecule has 0 spiro atoms. The van der Waals surface area contributed by atoms with Gasteiger partial charge >= 0.3 is 0 Å². The van der Waals surface area contributed by atoms with Crippen LogP contribution in [0.1, 0.15) is 12.1 Å². The van der Waals surface area contributed by atoms with Gasteiger partial charge in [0.15, 0.2) is 0 Å². The number of aromatic nitrogens is 3. The number of nitrogens with zero attached hydrogens (tertiary/aromatic N) is 3. The highest BCUT2D eigenvalue weighted by atomic mass is 79.9. The van der Waals surface area contributed by atoms with Crippen LogP contribution in [0.2, 0.25) is 0 Å². The molecule has 5 rings (SSSR count). The zero-order chi connectivity index (χ0) is 19.4. The Hall–Kier alpha value is -1.87. The minimum absolute atomic E-state index is 0.0316. The quantitative estimate of drug-likeness (QED) is 0.569. The van der Waals surface area contributed by atoms with Crippen molar-refractivity contribution in [2.24, 2.45) is 0 Å². The van der Waals surface area contributed by atoms with Gasteiger partial charge in [0.1, 0.15) is 23.4 Å². The molecule has 1 atom stereocenters. The maximum Gasteiger partial charge on any atom is 0.233 e. The smallest absolute Gasteiger partial charge is 0.233 e. The molecule has 8 heteroatoms. The Morgan fingerprint density at radius 1 is 1.25 bits per heavy atom. The molecule has 0 aliphatic carbocycles. The summed E-state index contributed by atoms with van der Waals surface area (Å²) in [7, 11) is 1.68. The molecule has 3 aromatic heterocycles. The van der Waals surface area contributed by atoms with Gasteiger partial charge in [-0.25, -0.2) is 14.4 Å². The third-order valence-corrected chi connectivity index (χ3v) is 6.04. The number of methoxy groups -OCH3 is 1. The summed E-state index contributed by atoms with van der Waals surface area (Å²) in [5, 5.41) is 0.879. The summed E-state index contributed by atoms with van der Waals surface area (Å²) < 4.78 is 33.9. The van der Waals surface area contributed by atoms with Gasteiger partial charge in [0.05, 0.1) is 29.7 Å². The van der Waals surface area contributed by atoms with Crippen LogP contribution in [0.15, 0.2) is 41.3 Å². The minimum Gasteiger partial charge on any atom is -0.378 e. The van der Waals surface area contributed by atoms with E-state index in [9.17, 15) is 0 Å². The highest BCUT2D eigenvalue weighted by molar-refractivity contribution is 9.10. The first kappa shape index (κ1) is 18.2. The van der Waals surface area contributed by atoms with Crippen molar-refractivity contribution in [1.29, 1.82) is 0 Å². The average Bonchev–Trinajstić information content (AvgIpc) is 3.32. The third kappa shape index (κ3) is 2.70. The molecule has 0 unspecified atom stereocenters. The van der Waals surface area contributed by atoms with Crippen LogP contribution >= 0.6 is 15.9 Å². The van der Waals surface area contributed by atoms with Gasteiger partial charge in [-0.05, 0) is 34.1 Å². The van der Waals surface area contributed by atoms with E-state index in [-0.39, 0.29) is 13.2 Å². The number of hydrogen-bond acceptors (Lipinski definition) is 5. The lowest BCUT2D eigenvalue weighted by molar-refractivity contribution is -0.177. The van der Waals surface area contributed by atoms with Crippen LogP contribution in [0.4, 0.5) is 4.39 Å². The SMILES string of the molecule is CO[C@@]1(c2cccc(-c3cn(C4(F)COC4)c4cnc(Br)cc34)n2)CCOC1. The van der Waals surface area contributed by atoms with Gasteiger partial charge < -0.3 is 18.8 Å². The topological polar surface area (TPSA) is 58.4 Å². The predicted molar refractivity (Wildman–Crippen MR) is 105 cm³/mol. The number of fused-ring (bicyclic) bond motifs is 1. The van der Waals surface area contributed by atoms with E-state index >= 15 is 4.39 Å². The summed E-state index contributed by atoms with van der Waals surface area (Å²) >= 11 is 3.42. The Kier molecular flexibility index (Phi) is 4.28. The van der Waals surface area contributed by atoms with E-state index in [1.807, 2.05) is 24.3 Å². The van der Waals surface area contributed by atoms with Gasteiger partial charge in [0, 0.05) is 37.3 Å². The largest absolute Gasteiger partial charge is 0.378 e. The van der Waals surface area contributed by atoms with Gasteiger partial charge in [0.2, 0.25) is 5.79 Å². The molecule has 0 N–H and O–H groups in total. The molecule has 2 fully saturated rings. The molecule has 0 amide bonds. The molecule has 0 saturated carbocycles. The molecule has 2 aliphatic heterocycles. The first-order chi connectivity index (χ1) is 13.5. The molecule has 6 nitrogen and oxygen atoms in total. The second-order valence-electron chi connectivity index (χ2n) is 7.26. The van der Waals surface area contributed by atoms with E-state index in [1.54, 1.807) is 24.1 Å². The summed E-state index contributed by atoms with van der Waals surface area (Å²) in [6.07, 6.45) is 4.23. The van der Waals surface area contributed by atoms with Crippen LogP contribution in [0.5, 0.6) is 0 Å². The lowest BCUT2D eigenvalue weighted by Gasteiger charge is -2.35. The van der Waals surface area contributed by atoms with Gasteiger partial charge in [0.25, 0.3) is 0 Å². The Morgan fingerprint density at radius 2 is 2.11 bits per heavy atom. The summed E-state index contributed by atoms with van der Waals surface area (Å²) in [6.45, 7) is 1.18. The molecule has 3 aromatic rings. The fourth-order valence-corrected chi connectivity index (χ4v) is 4.23. The Labute approximate surface area is 169 Å². The predicted octanol–water partition coefficient (Wildman–Crippen LogP) is 3.78. The lowest BCUT2D eigenvalue weighted by atomic mass is 9.97. The number of halogens is 2. The van der Waals surface area contributed by atoms with Gasteiger partial charge in [-0.15, -0.1) is 0 Å². The monoisotopic (exact) mass is 447 g/mol. The van der Waals surface area contributed by atoms with E-state index in [2.05, 4.69) is 20.9 Å². The molecular formula is C20H19BrFN3O3. The fourth-order valence-electron chi connectivity index (χ4n) is 3.90. The second kappa shape index (κ2) is 6.59. The van der Waals surface area contributed by atoms with Gasteiger partial charge in [-0.3, -0.25) is 0 Å². The highest BCUT2D eigenvalue weighted by Gasteiger charge is 2.42. The third-order valence-electron chi connectivity index (χ3n) is 5.60. The summed E-state index contributed by atoms with van der Waals surface area (Å²) in [4.78, 5) is 9.16. The van der Waals surface area contributed by atoms with Crippen molar-refractivity contribution in [3.63, 3.8) is 0 Å². The Bertz CT molecular complexity index is 1040. The summed E-state index contributed by atoms with van der Waals surface area (Å²) in [5.74, 6) is -1.56. The second-order valence-corrected chi connectivity index (χ2v) is 8.07. The number of hydrogen-bond donors (Lipinski definition) is 0. The minimum atomic E-state index is -1.56. The van der Waals surface area contributed by atoms with Crippen molar-refractivity contribution in [3.05, 3.63) is 47.0 Å². The van der Waals surface area contributed by atoms with E-state index < -0.39 is 11.4 Å². The number of ether oxygens (including phenoxy) is 3. The van der Waals surface area contributed by atoms with Crippen molar-refractivity contribution >= 4 is 26.8 Å². The van der Waals surface area contributed by atoms with Crippen LogP contribution in [0.3, 0.4) is 0 Å². The maximum atomic E-state index is 15.2. The van der Waals surface area contributed by atoms with E-state index in [0.717, 1.165) is 28.8 Å².